The van der Waals surface area contributed by atoms with Crippen molar-refractivity contribution in [2.75, 3.05) is 18.8 Å². The summed E-state index contributed by atoms with van der Waals surface area (Å²) in [5, 5.41) is 19.3. The zero-order valence-corrected chi connectivity index (χ0v) is 14.3. The number of hydrazone groups is 1. The highest BCUT2D eigenvalue weighted by molar-refractivity contribution is 5.94. The SMILES string of the molecule is Nc1nonc1-n1nnc(CN2CCCC2)c1C(=O)N/N=C\c1ccco1. The molecule has 0 radical (unpaired) electrons. The molecule has 3 N–H and O–H groups in total. The molecule has 4 heterocycles. The lowest BCUT2D eigenvalue weighted by molar-refractivity contribution is 0.0945. The molecule has 0 aliphatic carbocycles. The van der Waals surface area contributed by atoms with E-state index in [4.69, 9.17) is 10.2 Å². The van der Waals surface area contributed by atoms with E-state index in [0.29, 0.717) is 18.0 Å². The van der Waals surface area contributed by atoms with Crippen molar-refractivity contribution in [1.82, 2.24) is 35.6 Å². The molecule has 1 fully saturated rings. The van der Waals surface area contributed by atoms with Crippen LogP contribution < -0.4 is 11.2 Å². The first-order chi connectivity index (χ1) is 13.2. The van der Waals surface area contributed by atoms with Crippen LogP contribution in [0.2, 0.25) is 0 Å². The minimum atomic E-state index is -0.514. The van der Waals surface area contributed by atoms with Gasteiger partial charge in [-0.3, -0.25) is 9.69 Å². The van der Waals surface area contributed by atoms with Crippen LogP contribution >= 0.6 is 0 Å². The number of rotatable bonds is 6. The first-order valence-corrected chi connectivity index (χ1v) is 8.34. The normalized spacial score (nSPS) is 15.0. The fraction of sp³-hybridized carbons (Fsp3) is 0.333. The molecule has 12 nitrogen and oxygen atoms in total. The van der Waals surface area contributed by atoms with Crippen LogP contribution in [0.3, 0.4) is 0 Å². The second-order valence-electron chi connectivity index (χ2n) is 5.97. The van der Waals surface area contributed by atoms with Crippen molar-refractivity contribution in [3.05, 3.63) is 35.5 Å². The Labute approximate surface area is 152 Å². The molecule has 12 heteroatoms. The third-order valence-corrected chi connectivity index (χ3v) is 4.12. The zero-order valence-electron chi connectivity index (χ0n) is 14.3. The molecule has 4 rings (SSSR count). The Kier molecular flexibility index (Phi) is 4.61. The standard InChI is InChI=1S/C15H17N9O3/c16-13-14(21-27-20-13)24-12(11(18-22-24)9-23-5-1-2-6-23)15(25)19-17-8-10-4-3-7-26-10/h3-4,7-8H,1-2,5-6,9H2,(H2,16,20)(H,19,25)/b17-8-. The fourth-order valence-electron chi connectivity index (χ4n) is 2.86. The number of nitrogens with two attached hydrogens (primary N) is 1. The van der Waals surface area contributed by atoms with Gasteiger partial charge in [-0.15, -0.1) is 5.10 Å². The summed E-state index contributed by atoms with van der Waals surface area (Å²) in [5.74, 6) is 0.0830. The smallest absolute Gasteiger partial charge is 0.292 e. The lowest BCUT2D eigenvalue weighted by Crippen LogP contribution is -2.26. The number of hydrogen-bond donors (Lipinski definition) is 2. The Hall–Kier alpha value is -3.54. The van der Waals surface area contributed by atoms with E-state index < -0.39 is 5.91 Å². The van der Waals surface area contributed by atoms with Crippen LogP contribution in [0.15, 0.2) is 32.5 Å². The van der Waals surface area contributed by atoms with Gasteiger partial charge < -0.3 is 10.2 Å². The number of hydrogen-bond acceptors (Lipinski definition) is 10. The molecule has 0 unspecified atom stereocenters. The summed E-state index contributed by atoms with van der Waals surface area (Å²) in [6.07, 6.45) is 5.13. The van der Waals surface area contributed by atoms with E-state index in [0.717, 1.165) is 25.9 Å². The number of nitrogens with zero attached hydrogens (tertiary/aromatic N) is 7. The first-order valence-electron chi connectivity index (χ1n) is 8.34. The number of carbonyl (C=O) groups excluding carboxylic acids is 1. The maximum atomic E-state index is 12.8. The van der Waals surface area contributed by atoms with Gasteiger partial charge in [0.2, 0.25) is 11.6 Å². The highest BCUT2D eigenvalue weighted by Gasteiger charge is 2.26. The van der Waals surface area contributed by atoms with Crippen LogP contribution in [0.1, 0.15) is 34.8 Å². The zero-order chi connectivity index (χ0) is 18.6. The van der Waals surface area contributed by atoms with Gasteiger partial charge in [0.1, 0.15) is 11.5 Å². The Balaban J connectivity index is 1.61. The van der Waals surface area contributed by atoms with Gasteiger partial charge in [-0.2, -0.15) is 9.78 Å². The summed E-state index contributed by atoms with van der Waals surface area (Å²) < 4.78 is 10.9. The van der Waals surface area contributed by atoms with Crippen molar-refractivity contribution >= 4 is 17.9 Å². The molecular formula is C15H17N9O3. The van der Waals surface area contributed by atoms with Crippen LogP contribution in [0.25, 0.3) is 5.82 Å². The molecule has 1 aliphatic heterocycles. The molecule has 27 heavy (non-hydrogen) atoms. The van der Waals surface area contributed by atoms with Gasteiger partial charge in [-0.1, -0.05) is 5.21 Å². The van der Waals surface area contributed by atoms with E-state index >= 15 is 0 Å². The number of amides is 1. The first kappa shape index (κ1) is 16.9. The highest BCUT2D eigenvalue weighted by atomic mass is 16.6. The highest BCUT2D eigenvalue weighted by Crippen LogP contribution is 2.18. The van der Waals surface area contributed by atoms with Crippen LogP contribution in [-0.2, 0) is 6.54 Å². The maximum absolute atomic E-state index is 12.8. The van der Waals surface area contributed by atoms with E-state index in [1.165, 1.54) is 17.2 Å². The molecule has 0 aromatic carbocycles. The van der Waals surface area contributed by atoms with E-state index in [1.807, 2.05) is 0 Å². The number of carbonyl (C=O) groups is 1. The third-order valence-electron chi connectivity index (χ3n) is 4.12. The van der Waals surface area contributed by atoms with Crippen LogP contribution in [0.4, 0.5) is 5.82 Å². The molecule has 1 saturated heterocycles. The Morgan fingerprint density at radius 2 is 2.22 bits per heavy atom. The summed E-state index contributed by atoms with van der Waals surface area (Å²) in [4.78, 5) is 15.0. The Morgan fingerprint density at radius 1 is 1.37 bits per heavy atom. The molecular weight excluding hydrogens is 354 g/mol. The van der Waals surface area contributed by atoms with Crippen molar-refractivity contribution < 1.29 is 13.8 Å². The summed E-state index contributed by atoms with van der Waals surface area (Å²) in [6.45, 7) is 2.37. The predicted octanol–water partition coefficient (Wildman–Crippen LogP) is 0.185. The monoisotopic (exact) mass is 371 g/mol. The van der Waals surface area contributed by atoms with Crippen molar-refractivity contribution in [3.63, 3.8) is 0 Å². The van der Waals surface area contributed by atoms with Gasteiger partial charge in [0.15, 0.2) is 5.69 Å². The average Bonchev–Trinajstić information content (AvgIpc) is 3.42. The summed E-state index contributed by atoms with van der Waals surface area (Å²) in [6, 6.07) is 3.43. The number of aromatic nitrogens is 5. The molecule has 3 aromatic heterocycles. The average molecular weight is 371 g/mol. The number of nitrogens with one attached hydrogen (secondary N) is 1. The second-order valence-corrected chi connectivity index (χ2v) is 5.97. The van der Waals surface area contributed by atoms with Crippen LogP contribution in [0, 0.1) is 0 Å². The van der Waals surface area contributed by atoms with Gasteiger partial charge in [0, 0.05) is 6.54 Å². The molecule has 140 valence electrons. The van der Waals surface area contributed by atoms with Crippen molar-refractivity contribution in [2.45, 2.75) is 19.4 Å². The number of likely N-dealkylation sites (tertiary alicyclic amines) is 1. The minimum Gasteiger partial charge on any atom is -0.463 e. The topological polar surface area (TPSA) is 153 Å². The van der Waals surface area contributed by atoms with Gasteiger partial charge in [-0.25, -0.2) is 10.1 Å². The van der Waals surface area contributed by atoms with Crippen molar-refractivity contribution in [2.24, 2.45) is 5.10 Å². The molecule has 0 bridgehead atoms. The van der Waals surface area contributed by atoms with E-state index in [2.05, 4.69) is 40.7 Å². The van der Waals surface area contributed by atoms with E-state index in [-0.39, 0.29) is 17.3 Å². The lowest BCUT2D eigenvalue weighted by Gasteiger charge is -2.13. The molecule has 1 amide bonds. The number of nitrogen functional groups attached to an aromatic ring is 1. The Morgan fingerprint density at radius 3 is 2.93 bits per heavy atom. The minimum absolute atomic E-state index is 0.000703. The van der Waals surface area contributed by atoms with E-state index in [1.54, 1.807) is 12.1 Å². The second kappa shape index (κ2) is 7.37. The van der Waals surface area contributed by atoms with Crippen molar-refractivity contribution in [1.29, 1.82) is 0 Å². The van der Waals surface area contributed by atoms with Gasteiger partial charge in [0.25, 0.3) is 5.91 Å². The summed E-state index contributed by atoms with van der Waals surface area (Å²) in [7, 11) is 0. The van der Waals surface area contributed by atoms with Gasteiger partial charge >= 0.3 is 0 Å². The van der Waals surface area contributed by atoms with Crippen LogP contribution in [-0.4, -0.2) is 55.4 Å². The number of furan rings is 1. The quantitative estimate of drug-likeness (QED) is 0.456. The summed E-state index contributed by atoms with van der Waals surface area (Å²) in [5.41, 5.74) is 8.84. The predicted molar refractivity (Wildman–Crippen MR) is 91.9 cm³/mol. The lowest BCUT2D eigenvalue weighted by atomic mass is 10.3. The largest absolute Gasteiger partial charge is 0.463 e. The van der Waals surface area contributed by atoms with Crippen molar-refractivity contribution in [3.8, 4) is 5.82 Å². The Bertz CT molecular complexity index is 938. The van der Waals surface area contributed by atoms with Gasteiger partial charge in [0.05, 0.1) is 12.5 Å². The molecule has 0 saturated carbocycles. The molecule has 1 aliphatic rings. The maximum Gasteiger partial charge on any atom is 0.292 e. The molecule has 0 atom stereocenters. The third kappa shape index (κ3) is 3.55. The fourth-order valence-corrected chi connectivity index (χ4v) is 2.86. The molecule has 0 spiro atoms. The number of anilines is 1. The van der Waals surface area contributed by atoms with Gasteiger partial charge in [-0.05, 0) is 48.4 Å². The van der Waals surface area contributed by atoms with E-state index in [9.17, 15) is 4.79 Å². The summed E-state index contributed by atoms with van der Waals surface area (Å²) >= 11 is 0. The molecule has 3 aromatic rings. The van der Waals surface area contributed by atoms with Crippen LogP contribution in [0.5, 0.6) is 0 Å².